The van der Waals surface area contributed by atoms with Gasteiger partial charge in [0.15, 0.2) is 0 Å². The molecule has 0 atom stereocenters. The van der Waals surface area contributed by atoms with Crippen molar-refractivity contribution in [3.05, 3.63) is 6.07 Å². The summed E-state index contributed by atoms with van der Waals surface area (Å²) < 4.78 is 7.25. The van der Waals surface area contributed by atoms with Gasteiger partial charge in [-0.3, -0.25) is 0 Å². The van der Waals surface area contributed by atoms with Crippen LogP contribution in [0.1, 0.15) is 0 Å². The molecule has 0 saturated carbocycles. The zero-order valence-corrected chi connectivity index (χ0v) is 49.5. The molecular weight excluding hydrogens is 836 g/mol. The van der Waals surface area contributed by atoms with E-state index in [1.54, 1.807) is 0 Å². The van der Waals surface area contributed by atoms with Crippen LogP contribution in [0, 0.1) is 0 Å². The smallest absolute Gasteiger partial charge is 0.143 e. The molecule has 72 heavy (non-hydrogen) atoms. The van der Waals surface area contributed by atoms with Gasteiger partial charge in [0, 0.05) is 10.8 Å². The van der Waals surface area contributed by atoms with E-state index < -0.39 is 0 Å². The summed E-state index contributed by atoms with van der Waals surface area (Å²) in [6, 6.07) is 2.56. The second-order valence-electron chi connectivity index (χ2n) is 23.1. The Morgan fingerprint density at radius 1 is 0.181 bits per heavy atom. The highest BCUT2D eigenvalue weighted by Gasteiger charge is 2.32. The first-order valence-electron chi connectivity index (χ1n) is 26.7. The third-order valence-electron chi connectivity index (χ3n) is 20.6. The predicted octanol–water partition coefficient (Wildman–Crippen LogP) is -34.5. The molecule has 0 aliphatic rings. The maximum Gasteiger partial charge on any atom is 0.143 e. The average Bonchev–Trinajstić information content (AvgIpc) is 3.75. The van der Waals surface area contributed by atoms with Crippen LogP contribution in [0.3, 0.4) is 0 Å². The molecule has 0 unspecified atom stereocenters. The molecular formula is C44H55B27O. The third-order valence-corrected chi connectivity index (χ3v) is 20.6. The first-order valence-corrected chi connectivity index (χ1v) is 26.7. The predicted molar refractivity (Wildman–Crippen MR) is 411 cm³/mol. The molecule has 0 amide bonds. The second kappa shape index (κ2) is 18.0. The molecule has 0 spiro atoms. The van der Waals surface area contributed by atoms with Gasteiger partial charge in [0.25, 0.3) is 0 Å². The first kappa shape index (κ1) is 52.7. The van der Waals surface area contributed by atoms with Crippen LogP contribution >= 0.6 is 0 Å². The van der Waals surface area contributed by atoms with E-state index >= 15 is 0 Å². The Labute approximate surface area is 454 Å². The summed E-state index contributed by atoms with van der Waals surface area (Å²) in [4.78, 5) is 0. The van der Waals surface area contributed by atoms with Crippen molar-refractivity contribution >= 4 is 403 Å². The monoisotopic (exact) mass is 897 g/mol. The molecule has 318 valence electrons. The fourth-order valence-corrected chi connectivity index (χ4v) is 13.8. The lowest BCUT2D eigenvalue weighted by Gasteiger charge is -2.32. The molecule has 8 aromatic carbocycles. The lowest BCUT2D eigenvalue weighted by atomic mass is 9.55. The van der Waals surface area contributed by atoms with E-state index in [9.17, 15) is 0 Å². The zero-order chi connectivity index (χ0) is 53.2. The highest BCUT2D eigenvalue weighted by molar-refractivity contribution is 6.76. The number of fused-ring (bicyclic) bond motifs is 5. The van der Waals surface area contributed by atoms with Crippen molar-refractivity contribution in [2.24, 2.45) is 0 Å². The van der Waals surface area contributed by atoms with Crippen molar-refractivity contribution in [3.63, 3.8) is 0 Å². The minimum absolute atomic E-state index is 1.02. The van der Waals surface area contributed by atoms with Gasteiger partial charge in [0.1, 0.15) is 223 Å². The van der Waals surface area contributed by atoms with Gasteiger partial charge in [0.2, 0.25) is 0 Å². The molecule has 9 rings (SSSR count). The Bertz CT molecular complexity index is 3920. The van der Waals surface area contributed by atoms with Gasteiger partial charge in [-0.25, -0.2) is 0 Å². The molecule has 0 aliphatic heterocycles. The molecule has 0 radical (unpaired) electrons. The van der Waals surface area contributed by atoms with Crippen LogP contribution in [-0.4, -0.2) is 212 Å². The number of hydrogen-bond acceptors (Lipinski definition) is 1. The molecule has 0 fully saturated rings. The van der Waals surface area contributed by atoms with Gasteiger partial charge in [-0.2, -0.15) is 0 Å². The Morgan fingerprint density at radius 3 is 0.833 bits per heavy atom. The van der Waals surface area contributed by atoms with E-state index in [1.165, 1.54) is 224 Å². The van der Waals surface area contributed by atoms with Gasteiger partial charge in [-0.05, 0) is 66.1 Å². The van der Waals surface area contributed by atoms with Crippen LogP contribution in [0.25, 0.3) is 88.0 Å². The van der Waals surface area contributed by atoms with Crippen LogP contribution in [-0.2, 0) is 0 Å². The van der Waals surface area contributed by atoms with Gasteiger partial charge in [-0.15, -0.1) is 49.2 Å². The quantitative estimate of drug-likeness (QED) is 0.127. The lowest BCUT2D eigenvalue weighted by molar-refractivity contribution is 0.675. The molecule has 1 aromatic heterocycles. The molecule has 28 heteroatoms. The molecule has 0 aliphatic carbocycles. The normalized spacial score (nSPS) is 11.7. The molecule has 0 bridgehead atoms. The van der Waals surface area contributed by atoms with Crippen molar-refractivity contribution in [2.45, 2.75) is 0 Å². The summed E-state index contributed by atoms with van der Waals surface area (Å²) in [5, 5.41) is 8.04. The molecule has 0 N–H and O–H groups in total. The van der Waals surface area contributed by atoms with Gasteiger partial charge < -0.3 is 4.42 Å². The Hall–Kier alpha value is -4.17. The minimum atomic E-state index is 1.02. The molecule has 1 heterocycles. The highest BCUT2D eigenvalue weighted by atomic mass is 16.3. The van der Waals surface area contributed by atoms with E-state index in [2.05, 4.69) is 218 Å². The lowest BCUT2D eigenvalue weighted by Crippen LogP contribution is -2.57. The molecule has 9 aromatic rings. The maximum atomic E-state index is 7.25. The number of benzene rings is 8. The second-order valence-corrected chi connectivity index (χ2v) is 23.1. The van der Waals surface area contributed by atoms with Gasteiger partial charge >= 0.3 is 0 Å². The van der Waals surface area contributed by atoms with Crippen LogP contribution in [0.4, 0.5) is 0 Å². The van der Waals surface area contributed by atoms with E-state index in [4.69, 9.17) is 4.42 Å². The average molecular weight is 892 g/mol. The topological polar surface area (TPSA) is 13.1 Å². The van der Waals surface area contributed by atoms with E-state index in [0.717, 1.165) is 11.2 Å². The number of furan rings is 1. The summed E-state index contributed by atoms with van der Waals surface area (Å²) in [6.45, 7) is 0. The van der Waals surface area contributed by atoms with Crippen molar-refractivity contribution in [2.75, 3.05) is 0 Å². The Morgan fingerprint density at radius 2 is 0.431 bits per heavy atom. The number of rotatable bonds is 4. The van der Waals surface area contributed by atoms with Crippen LogP contribution in [0.5, 0.6) is 0 Å². The molecule has 1 nitrogen and oxygen atoms in total. The van der Waals surface area contributed by atoms with Crippen LogP contribution in [0.15, 0.2) is 10.5 Å². The van der Waals surface area contributed by atoms with Crippen molar-refractivity contribution in [3.8, 4) is 44.5 Å². The Kier molecular flexibility index (Phi) is 13.2. The summed E-state index contributed by atoms with van der Waals surface area (Å²) in [5.41, 5.74) is 49.7. The third kappa shape index (κ3) is 6.93. The van der Waals surface area contributed by atoms with E-state index in [1.807, 2.05) is 0 Å². The largest absolute Gasteiger partial charge is 0.457 e. The highest BCUT2D eigenvalue weighted by Crippen LogP contribution is 2.44. The maximum absolute atomic E-state index is 7.25. The van der Waals surface area contributed by atoms with Crippen molar-refractivity contribution in [1.82, 2.24) is 0 Å². The van der Waals surface area contributed by atoms with E-state index in [0.29, 0.717) is 0 Å². The standard InChI is InChI=1S/C44H55B27O/c45-3-1-2(5-19(48)26(55)14(27(56)20(5)49)15-28(57)35(64)39(68)36(65)29(15)58)4(18(47)17(3)46)6-8-10(23(52)33(62)31(60)21(8)50)7(11-9(6)22(51)32(61)34(63)24(11)53)12-13-16-30(59)37(66)40(69)42(71)44(16)72-43(13)41(70)38(67)25(12)54/h1H,45-71H2. The number of hydrogen-bond donors (Lipinski definition) is 0. The summed E-state index contributed by atoms with van der Waals surface area (Å²) in [7, 11) is 63.7. The SMILES string of the molecule is Bc1cc(-c2c(B)c(B)c(-c3c(B)c(B)c(B)c(B)c3B)c(B)c2B)c(-c2c3c(B)c(B)c(B)c(B)c3c(-c3c(B)c(B)c(B)c4oc5c(B)c(B)c(B)c(B)c5c34)c3c(B)c(B)c(B)c(B)c23)c(B)c1B. The Balaban J connectivity index is 1.60. The van der Waals surface area contributed by atoms with Crippen molar-refractivity contribution < 1.29 is 4.42 Å². The fourth-order valence-electron chi connectivity index (χ4n) is 13.8. The van der Waals surface area contributed by atoms with Crippen LogP contribution in [0.2, 0.25) is 0 Å². The van der Waals surface area contributed by atoms with Gasteiger partial charge in [0.05, 0.1) is 0 Å². The van der Waals surface area contributed by atoms with Crippen LogP contribution < -0.4 is 147 Å². The van der Waals surface area contributed by atoms with Crippen molar-refractivity contribution in [1.29, 1.82) is 0 Å². The summed E-state index contributed by atoms with van der Waals surface area (Å²) >= 11 is 0. The van der Waals surface area contributed by atoms with E-state index in [-0.39, 0.29) is 0 Å². The summed E-state index contributed by atoms with van der Waals surface area (Å²) in [6.07, 6.45) is 0. The molecule has 0 saturated heterocycles. The zero-order valence-electron chi connectivity index (χ0n) is 49.5. The minimum Gasteiger partial charge on any atom is -0.457 e. The van der Waals surface area contributed by atoms with Gasteiger partial charge in [-0.1, -0.05) is 104 Å². The first-order chi connectivity index (χ1) is 33.6. The fraction of sp³-hybridized carbons (Fsp3) is 0. The summed E-state index contributed by atoms with van der Waals surface area (Å²) in [5.74, 6) is 0.